The molecule has 3 rings (SSSR count). The van der Waals surface area contributed by atoms with E-state index in [0.29, 0.717) is 12.1 Å². The number of hydrogen-bond donors (Lipinski definition) is 1. The van der Waals surface area contributed by atoms with Crippen molar-refractivity contribution >= 4 is 17.2 Å². The first-order valence-corrected chi connectivity index (χ1v) is 6.58. The average molecular weight is 247 g/mol. The predicted molar refractivity (Wildman–Crippen MR) is 66.3 cm³/mol. The van der Waals surface area contributed by atoms with E-state index >= 15 is 0 Å². The molecule has 0 unspecified atom stereocenters. The quantitative estimate of drug-likeness (QED) is 0.902. The molecule has 0 spiro atoms. The predicted octanol–water partition coefficient (Wildman–Crippen LogP) is 2.80. The molecule has 17 heavy (non-hydrogen) atoms. The zero-order chi connectivity index (χ0) is 11.7. The summed E-state index contributed by atoms with van der Waals surface area (Å²) in [5.74, 6) is -0.0553. The fourth-order valence-electron chi connectivity index (χ4n) is 2.03. The first-order valence-electron chi connectivity index (χ1n) is 5.63. The van der Waals surface area contributed by atoms with E-state index in [1.54, 1.807) is 17.4 Å². The van der Waals surface area contributed by atoms with Crippen molar-refractivity contribution in [2.45, 2.75) is 18.3 Å². The summed E-state index contributed by atoms with van der Waals surface area (Å²) in [6.07, 6.45) is 5.31. The molecule has 2 aromatic rings. The molecular weight excluding hydrogens is 234 g/mol. The van der Waals surface area contributed by atoms with Crippen LogP contribution >= 0.6 is 11.3 Å². The van der Waals surface area contributed by atoms with Gasteiger partial charge in [0.1, 0.15) is 6.26 Å². The Labute approximate surface area is 103 Å². The van der Waals surface area contributed by atoms with Crippen LogP contribution in [0.3, 0.4) is 0 Å². The normalized spacial score (nSPS) is 16.7. The van der Waals surface area contributed by atoms with Gasteiger partial charge in [-0.3, -0.25) is 4.79 Å². The van der Waals surface area contributed by atoms with Crippen LogP contribution in [0.2, 0.25) is 0 Å². The molecule has 0 bridgehead atoms. The Morgan fingerprint density at radius 3 is 2.94 bits per heavy atom. The van der Waals surface area contributed by atoms with Crippen LogP contribution in [0.5, 0.6) is 0 Å². The van der Waals surface area contributed by atoms with Gasteiger partial charge in [-0.15, -0.1) is 0 Å². The van der Waals surface area contributed by atoms with Crippen molar-refractivity contribution in [2.75, 3.05) is 6.54 Å². The summed E-state index contributed by atoms with van der Waals surface area (Å²) in [4.78, 5) is 11.8. The third kappa shape index (κ3) is 2.00. The number of carbonyl (C=O) groups excluding carboxylic acids is 1. The van der Waals surface area contributed by atoms with Gasteiger partial charge in [0.25, 0.3) is 5.91 Å². The Morgan fingerprint density at radius 1 is 1.47 bits per heavy atom. The molecule has 1 aliphatic rings. The highest BCUT2D eigenvalue weighted by molar-refractivity contribution is 7.08. The van der Waals surface area contributed by atoms with Gasteiger partial charge in [-0.05, 0) is 41.3 Å². The van der Waals surface area contributed by atoms with Gasteiger partial charge in [-0.2, -0.15) is 11.3 Å². The summed E-state index contributed by atoms with van der Waals surface area (Å²) >= 11 is 1.71. The molecule has 88 valence electrons. The van der Waals surface area contributed by atoms with Crippen molar-refractivity contribution in [2.24, 2.45) is 0 Å². The van der Waals surface area contributed by atoms with Crippen molar-refractivity contribution in [3.63, 3.8) is 0 Å². The lowest BCUT2D eigenvalue weighted by Gasteiger charge is -2.14. The van der Waals surface area contributed by atoms with E-state index in [0.717, 1.165) is 12.8 Å². The van der Waals surface area contributed by atoms with Crippen LogP contribution in [-0.4, -0.2) is 12.5 Å². The van der Waals surface area contributed by atoms with E-state index in [-0.39, 0.29) is 11.3 Å². The van der Waals surface area contributed by atoms with Crippen LogP contribution in [0.1, 0.15) is 28.8 Å². The zero-order valence-corrected chi connectivity index (χ0v) is 10.1. The highest BCUT2D eigenvalue weighted by Gasteiger charge is 2.44. The molecular formula is C13H13NO2S. The van der Waals surface area contributed by atoms with Crippen LogP contribution in [-0.2, 0) is 5.41 Å². The van der Waals surface area contributed by atoms with Crippen LogP contribution in [0, 0.1) is 0 Å². The Bertz CT molecular complexity index is 498. The molecule has 1 saturated carbocycles. The van der Waals surface area contributed by atoms with Crippen molar-refractivity contribution in [1.29, 1.82) is 0 Å². The highest BCUT2D eigenvalue weighted by atomic mass is 32.1. The maximum atomic E-state index is 11.8. The van der Waals surface area contributed by atoms with E-state index < -0.39 is 0 Å². The summed E-state index contributed by atoms with van der Waals surface area (Å²) in [6, 6.07) is 3.83. The summed E-state index contributed by atoms with van der Waals surface area (Å²) in [6.45, 7) is 0.716. The second-order valence-electron chi connectivity index (χ2n) is 4.49. The lowest BCUT2D eigenvalue weighted by Crippen LogP contribution is -2.31. The van der Waals surface area contributed by atoms with E-state index in [2.05, 4.69) is 22.1 Å². The van der Waals surface area contributed by atoms with Gasteiger partial charge >= 0.3 is 0 Å². The minimum atomic E-state index is -0.0553. The van der Waals surface area contributed by atoms with Crippen LogP contribution in [0.4, 0.5) is 0 Å². The SMILES string of the molecule is O=C(NCC1(c2ccsc2)CC1)c1ccoc1. The molecule has 1 N–H and O–H groups in total. The third-order valence-electron chi connectivity index (χ3n) is 3.36. The molecule has 0 atom stereocenters. The number of rotatable bonds is 4. The molecule has 1 fully saturated rings. The Balaban J connectivity index is 1.64. The molecule has 4 heteroatoms. The molecule has 2 aromatic heterocycles. The molecule has 0 aliphatic heterocycles. The molecule has 1 amide bonds. The Morgan fingerprint density at radius 2 is 2.35 bits per heavy atom. The van der Waals surface area contributed by atoms with Gasteiger partial charge in [-0.25, -0.2) is 0 Å². The van der Waals surface area contributed by atoms with Crippen LogP contribution < -0.4 is 5.32 Å². The molecule has 2 heterocycles. The first-order chi connectivity index (χ1) is 8.30. The van der Waals surface area contributed by atoms with Gasteiger partial charge in [0.15, 0.2) is 0 Å². The topological polar surface area (TPSA) is 42.2 Å². The maximum absolute atomic E-state index is 11.8. The average Bonchev–Trinajstić information content (AvgIpc) is 2.82. The van der Waals surface area contributed by atoms with E-state index in [1.807, 2.05) is 0 Å². The molecule has 0 radical (unpaired) electrons. The smallest absolute Gasteiger partial charge is 0.254 e. The number of amides is 1. The number of thiophene rings is 1. The van der Waals surface area contributed by atoms with E-state index in [9.17, 15) is 4.79 Å². The summed E-state index contributed by atoms with van der Waals surface area (Å²) in [7, 11) is 0. The number of furan rings is 1. The third-order valence-corrected chi connectivity index (χ3v) is 4.04. The van der Waals surface area contributed by atoms with Crippen LogP contribution in [0.15, 0.2) is 39.8 Å². The first kappa shape index (κ1) is 10.6. The van der Waals surface area contributed by atoms with E-state index in [4.69, 9.17) is 4.42 Å². The maximum Gasteiger partial charge on any atom is 0.254 e. The Hall–Kier alpha value is -1.55. The van der Waals surface area contributed by atoms with Crippen molar-refractivity contribution in [1.82, 2.24) is 5.32 Å². The van der Waals surface area contributed by atoms with Gasteiger partial charge in [0.05, 0.1) is 11.8 Å². The fourth-order valence-corrected chi connectivity index (χ4v) is 2.81. The number of hydrogen-bond acceptors (Lipinski definition) is 3. The standard InChI is InChI=1S/C13H13NO2S/c15-12(10-1-5-16-7-10)14-9-13(3-4-13)11-2-6-17-8-11/h1-2,5-8H,3-4,9H2,(H,14,15). The second kappa shape index (κ2) is 4.04. The largest absolute Gasteiger partial charge is 0.472 e. The summed E-state index contributed by atoms with van der Waals surface area (Å²) in [5, 5.41) is 7.25. The molecule has 3 nitrogen and oxygen atoms in total. The second-order valence-corrected chi connectivity index (χ2v) is 5.27. The van der Waals surface area contributed by atoms with Crippen molar-refractivity contribution < 1.29 is 9.21 Å². The molecule has 0 aromatic carbocycles. The number of carbonyl (C=O) groups is 1. The molecule has 1 aliphatic carbocycles. The van der Waals surface area contributed by atoms with Crippen LogP contribution in [0.25, 0.3) is 0 Å². The lowest BCUT2D eigenvalue weighted by atomic mass is 9.99. The Kier molecular flexibility index (Phi) is 2.52. The molecule has 0 saturated heterocycles. The van der Waals surface area contributed by atoms with Gasteiger partial charge in [0, 0.05) is 12.0 Å². The zero-order valence-electron chi connectivity index (χ0n) is 9.31. The van der Waals surface area contributed by atoms with Gasteiger partial charge in [0.2, 0.25) is 0 Å². The van der Waals surface area contributed by atoms with E-state index in [1.165, 1.54) is 18.1 Å². The monoisotopic (exact) mass is 247 g/mol. The fraction of sp³-hybridized carbons (Fsp3) is 0.308. The summed E-state index contributed by atoms with van der Waals surface area (Å²) in [5.41, 5.74) is 2.14. The van der Waals surface area contributed by atoms with Gasteiger partial charge in [-0.1, -0.05) is 0 Å². The van der Waals surface area contributed by atoms with Crippen molar-refractivity contribution in [3.05, 3.63) is 46.5 Å². The van der Waals surface area contributed by atoms with Crippen molar-refractivity contribution in [3.8, 4) is 0 Å². The number of nitrogens with one attached hydrogen (secondary N) is 1. The highest BCUT2D eigenvalue weighted by Crippen LogP contribution is 2.48. The summed E-state index contributed by atoms with van der Waals surface area (Å²) < 4.78 is 4.90. The minimum Gasteiger partial charge on any atom is -0.472 e. The minimum absolute atomic E-state index is 0.0553. The van der Waals surface area contributed by atoms with Gasteiger partial charge < -0.3 is 9.73 Å². The lowest BCUT2D eigenvalue weighted by molar-refractivity contribution is 0.0949.